The average molecular weight is 142 g/mol. The quantitative estimate of drug-likeness (QED) is 0.543. The van der Waals surface area contributed by atoms with Crippen LogP contribution in [0.1, 0.15) is 27.7 Å². The molecule has 1 aliphatic heterocycles. The molecule has 0 bridgehead atoms. The Bertz CT molecular complexity index is 115. The number of nitrogens with zero attached hydrogens (tertiary/aromatic N) is 1. The molecule has 0 aromatic carbocycles. The van der Waals surface area contributed by atoms with Gasteiger partial charge in [0, 0.05) is 18.6 Å². The molecule has 60 valence electrons. The lowest BCUT2D eigenvalue weighted by Crippen LogP contribution is -2.45. The zero-order chi connectivity index (χ0) is 7.78. The highest BCUT2D eigenvalue weighted by atomic mass is 15.3. The van der Waals surface area contributed by atoms with Crippen LogP contribution < -0.4 is 5.32 Å². The van der Waals surface area contributed by atoms with Crippen molar-refractivity contribution in [3.63, 3.8) is 0 Å². The van der Waals surface area contributed by atoms with Crippen LogP contribution in [0.2, 0.25) is 0 Å². The highest BCUT2D eigenvalue weighted by molar-refractivity contribution is 4.84. The van der Waals surface area contributed by atoms with Crippen LogP contribution in [-0.4, -0.2) is 29.7 Å². The van der Waals surface area contributed by atoms with Crippen molar-refractivity contribution in [3.05, 3.63) is 0 Å². The van der Waals surface area contributed by atoms with Crippen molar-refractivity contribution >= 4 is 0 Å². The molecule has 0 amide bonds. The van der Waals surface area contributed by atoms with Gasteiger partial charge < -0.3 is 5.32 Å². The number of rotatable bonds is 0. The van der Waals surface area contributed by atoms with E-state index < -0.39 is 0 Å². The summed E-state index contributed by atoms with van der Waals surface area (Å²) in [6, 6.07) is 0. The van der Waals surface area contributed by atoms with Gasteiger partial charge in [-0.25, -0.2) is 0 Å². The second-order valence-corrected chi connectivity index (χ2v) is 3.99. The normalized spacial score (nSPS) is 29.4. The Morgan fingerprint density at radius 2 is 2.00 bits per heavy atom. The minimum absolute atomic E-state index is 0.322. The molecule has 0 aliphatic carbocycles. The van der Waals surface area contributed by atoms with Crippen LogP contribution in [0, 0.1) is 0 Å². The fourth-order valence-electron chi connectivity index (χ4n) is 1.61. The molecule has 1 rings (SSSR count). The Hall–Kier alpha value is -0.0800. The van der Waals surface area contributed by atoms with Crippen LogP contribution in [0.5, 0.6) is 0 Å². The van der Waals surface area contributed by atoms with Gasteiger partial charge in [-0.2, -0.15) is 0 Å². The molecule has 1 aliphatic rings. The van der Waals surface area contributed by atoms with Gasteiger partial charge in [-0.15, -0.1) is 0 Å². The summed E-state index contributed by atoms with van der Waals surface area (Å²) in [6.45, 7) is 11.3. The first kappa shape index (κ1) is 8.02. The van der Waals surface area contributed by atoms with Gasteiger partial charge >= 0.3 is 0 Å². The lowest BCUT2D eigenvalue weighted by molar-refractivity contribution is 0.124. The fourth-order valence-corrected chi connectivity index (χ4v) is 1.61. The highest BCUT2D eigenvalue weighted by Crippen LogP contribution is 2.17. The van der Waals surface area contributed by atoms with Crippen LogP contribution in [0.25, 0.3) is 0 Å². The largest absolute Gasteiger partial charge is 0.301 e. The van der Waals surface area contributed by atoms with E-state index in [0.717, 1.165) is 6.54 Å². The molecule has 0 aromatic rings. The minimum Gasteiger partial charge on any atom is -0.301 e. The summed E-state index contributed by atoms with van der Waals surface area (Å²) in [5.41, 5.74) is 0.322. The first-order chi connectivity index (χ1) is 4.52. The van der Waals surface area contributed by atoms with Crippen molar-refractivity contribution in [2.24, 2.45) is 0 Å². The first-order valence-electron chi connectivity index (χ1n) is 4.02. The molecule has 1 saturated heterocycles. The van der Waals surface area contributed by atoms with Crippen LogP contribution >= 0.6 is 0 Å². The molecule has 2 nitrogen and oxygen atoms in total. The van der Waals surface area contributed by atoms with Crippen LogP contribution in [0.15, 0.2) is 0 Å². The third-order valence-corrected chi connectivity index (χ3v) is 2.12. The number of nitrogens with one attached hydrogen (secondary N) is 1. The Kier molecular flexibility index (Phi) is 2.02. The average Bonchev–Trinajstić information content (AvgIpc) is 2.11. The molecular formula is C8H18N2. The maximum atomic E-state index is 3.40. The summed E-state index contributed by atoms with van der Waals surface area (Å²) in [5.74, 6) is 0. The molecule has 0 saturated carbocycles. The second-order valence-electron chi connectivity index (χ2n) is 3.99. The van der Waals surface area contributed by atoms with E-state index in [1.807, 2.05) is 0 Å². The van der Waals surface area contributed by atoms with Gasteiger partial charge in [0.15, 0.2) is 0 Å². The predicted octanol–water partition coefficient (Wildman–Crippen LogP) is 1.04. The topological polar surface area (TPSA) is 15.3 Å². The summed E-state index contributed by atoms with van der Waals surface area (Å²) in [7, 11) is 0. The highest BCUT2D eigenvalue weighted by Gasteiger charge is 2.29. The van der Waals surface area contributed by atoms with Crippen LogP contribution in [0.3, 0.4) is 0 Å². The maximum absolute atomic E-state index is 3.40. The SMILES string of the molecule is CC1NCCN1C(C)(C)C. The van der Waals surface area contributed by atoms with E-state index in [2.05, 4.69) is 37.9 Å². The Labute approximate surface area is 63.6 Å². The molecular weight excluding hydrogens is 124 g/mol. The summed E-state index contributed by atoms with van der Waals surface area (Å²) in [6.07, 6.45) is 0.556. The monoisotopic (exact) mass is 142 g/mol. The summed E-state index contributed by atoms with van der Waals surface area (Å²) >= 11 is 0. The molecule has 2 heteroatoms. The molecule has 0 aromatic heterocycles. The standard InChI is InChI=1S/C8H18N2/c1-7-9-5-6-10(7)8(2,3)4/h7,9H,5-6H2,1-4H3. The second kappa shape index (κ2) is 2.51. The van der Waals surface area contributed by atoms with Gasteiger partial charge in [0.05, 0.1) is 6.17 Å². The van der Waals surface area contributed by atoms with Gasteiger partial charge in [0.2, 0.25) is 0 Å². The third-order valence-electron chi connectivity index (χ3n) is 2.12. The summed E-state index contributed by atoms with van der Waals surface area (Å²) in [5, 5.41) is 3.40. The minimum atomic E-state index is 0.322. The van der Waals surface area contributed by atoms with Crippen molar-refractivity contribution in [1.29, 1.82) is 0 Å². The molecule has 1 heterocycles. The van der Waals surface area contributed by atoms with E-state index in [1.54, 1.807) is 0 Å². The van der Waals surface area contributed by atoms with E-state index in [1.165, 1.54) is 6.54 Å². The zero-order valence-corrected chi connectivity index (χ0v) is 7.44. The van der Waals surface area contributed by atoms with Crippen molar-refractivity contribution < 1.29 is 0 Å². The smallest absolute Gasteiger partial charge is 0.0573 e. The first-order valence-corrected chi connectivity index (χ1v) is 4.02. The van der Waals surface area contributed by atoms with E-state index in [4.69, 9.17) is 0 Å². The third kappa shape index (κ3) is 1.50. The van der Waals surface area contributed by atoms with E-state index in [9.17, 15) is 0 Å². The van der Waals surface area contributed by atoms with Gasteiger partial charge in [-0.3, -0.25) is 4.90 Å². The summed E-state index contributed by atoms with van der Waals surface area (Å²) < 4.78 is 0. The molecule has 0 spiro atoms. The lowest BCUT2D eigenvalue weighted by atomic mass is 10.1. The summed E-state index contributed by atoms with van der Waals surface area (Å²) in [4.78, 5) is 2.48. The Morgan fingerprint density at radius 3 is 2.20 bits per heavy atom. The Morgan fingerprint density at radius 1 is 1.40 bits per heavy atom. The van der Waals surface area contributed by atoms with E-state index >= 15 is 0 Å². The van der Waals surface area contributed by atoms with E-state index in [-0.39, 0.29) is 0 Å². The van der Waals surface area contributed by atoms with E-state index in [0.29, 0.717) is 11.7 Å². The van der Waals surface area contributed by atoms with Gasteiger partial charge in [-0.1, -0.05) is 0 Å². The molecule has 1 atom stereocenters. The van der Waals surface area contributed by atoms with Crippen molar-refractivity contribution in [2.45, 2.75) is 39.4 Å². The molecule has 0 radical (unpaired) electrons. The number of hydrogen-bond donors (Lipinski definition) is 1. The van der Waals surface area contributed by atoms with Gasteiger partial charge in [0.25, 0.3) is 0 Å². The predicted molar refractivity (Wildman–Crippen MR) is 43.9 cm³/mol. The Balaban J connectivity index is 2.55. The molecule has 1 N–H and O–H groups in total. The zero-order valence-electron chi connectivity index (χ0n) is 7.44. The lowest BCUT2D eigenvalue weighted by Gasteiger charge is -2.34. The molecule has 1 unspecified atom stereocenters. The molecule has 10 heavy (non-hydrogen) atoms. The van der Waals surface area contributed by atoms with Gasteiger partial charge in [-0.05, 0) is 27.7 Å². The maximum Gasteiger partial charge on any atom is 0.0573 e. The van der Waals surface area contributed by atoms with Crippen molar-refractivity contribution in [1.82, 2.24) is 10.2 Å². The van der Waals surface area contributed by atoms with Crippen LogP contribution in [0.4, 0.5) is 0 Å². The number of hydrogen-bond acceptors (Lipinski definition) is 2. The van der Waals surface area contributed by atoms with Crippen molar-refractivity contribution in [2.75, 3.05) is 13.1 Å². The van der Waals surface area contributed by atoms with Crippen LogP contribution in [-0.2, 0) is 0 Å². The fraction of sp³-hybridized carbons (Fsp3) is 1.00. The van der Waals surface area contributed by atoms with Gasteiger partial charge in [0.1, 0.15) is 0 Å². The molecule has 1 fully saturated rings. The van der Waals surface area contributed by atoms with Crippen molar-refractivity contribution in [3.8, 4) is 0 Å².